The molecular weight excluding hydrogens is 300 g/mol. The Morgan fingerprint density at radius 1 is 1.32 bits per heavy atom. The number of benzene rings is 1. The van der Waals surface area contributed by atoms with Crippen molar-refractivity contribution < 1.29 is 9.53 Å². The molecule has 0 aliphatic carbocycles. The average Bonchev–Trinajstić information content (AvgIpc) is 2.79. The van der Waals surface area contributed by atoms with Crippen molar-refractivity contribution in [1.82, 2.24) is 9.78 Å². The molecule has 0 aliphatic heterocycles. The molecular formula is C17H21ClN2O2. The Bertz CT molecular complexity index is 665. The third-order valence-corrected chi connectivity index (χ3v) is 3.96. The molecule has 0 bridgehead atoms. The molecule has 0 N–H and O–H groups in total. The molecule has 2 aromatic rings. The topological polar surface area (TPSA) is 44.1 Å². The standard InChI is InChI=1S/C17H21ClN2O2/c1-4-5-8-14-12(2)19-20(13(14)3)17(21)11-22-16-10-7-6-9-15(16)18/h6-7,9-10H,4-5,8,11H2,1-3H3. The summed E-state index contributed by atoms with van der Waals surface area (Å²) in [6, 6.07) is 7.10. The Hall–Kier alpha value is -1.81. The first-order valence-corrected chi connectivity index (χ1v) is 7.88. The number of carbonyl (C=O) groups is 1. The molecule has 0 saturated carbocycles. The van der Waals surface area contributed by atoms with Gasteiger partial charge < -0.3 is 4.74 Å². The van der Waals surface area contributed by atoms with E-state index in [9.17, 15) is 4.79 Å². The Kier molecular flexibility index (Phi) is 5.61. The SMILES string of the molecule is CCCCc1c(C)nn(C(=O)COc2ccccc2Cl)c1C. The summed E-state index contributed by atoms with van der Waals surface area (Å²) in [5.41, 5.74) is 2.98. The molecule has 0 unspecified atom stereocenters. The maximum Gasteiger partial charge on any atom is 0.284 e. The molecule has 4 nitrogen and oxygen atoms in total. The van der Waals surface area contributed by atoms with Gasteiger partial charge in [-0.15, -0.1) is 0 Å². The Labute approximate surface area is 136 Å². The number of carbonyl (C=O) groups excluding carboxylic acids is 1. The van der Waals surface area contributed by atoms with Crippen molar-refractivity contribution >= 4 is 17.5 Å². The van der Waals surface area contributed by atoms with Gasteiger partial charge in [0.2, 0.25) is 0 Å². The summed E-state index contributed by atoms with van der Waals surface area (Å²) in [5.74, 6) is 0.313. The molecule has 0 amide bonds. The first-order chi connectivity index (χ1) is 10.5. The summed E-state index contributed by atoms with van der Waals surface area (Å²) in [7, 11) is 0. The number of ether oxygens (including phenoxy) is 1. The lowest BCUT2D eigenvalue weighted by atomic mass is 10.1. The quantitative estimate of drug-likeness (QED) is 0.800. The van der Waals surface area contributed by atoms with Crippen LogP contribution in [-0.2, 0) is 6.42 Å². The summed E-state index contributed by atoms with van der Waals surface area (Å²) >= 11 is 6.01. The summed E-state index contributed by atoms with van der Waals surface area (Å²) in [5, 5.41) is 4.84. The fraction of sp³-hybridized carbons (Fsp3) is 0.412. The highest BCUT2D eigenvalue weighted by molar-refractivity contribution is 6.32. The number of aromatic nitrogens is 2. The van der Waals surface area contributed by atoms with Crippen LogP contribution >= 0.6 is 11.6 Å². The van der Waals surface area contributed by atoms with Crippen molar-refractivity contribution in [1.29, 1.82) is 0 Å². The number of nitrogens with zero attached hydrogens (tertiary/aromatic N) is 2. The van der Waals surface area contributed by atoms with Crippen LogP contribution in [0.15, 0.2) is 24.3 Å². The van der Waals surface area contributed by atoms with Gasteiger partial charge in [-0.25, -0.2) is 4.68 Å². The number of hydrogen-bond acceptors (Lipinski definition) is 3. The molecule has 1 heterocycles. The fourth-order valence-corrected chi connectivity index (χ4v) is 2.59. The lowest BCUT2D eigenvalue weighted by molar-refractivity contribution is 0.0818. The predicted octanol–water partition coefficient (Wildman–Crippen LogP) is 4.22. The minimum Gasteiger partial charge on any atom is -0.482 e. The van der Waals surface area contributed by atoms with E-state index in [0.29, 0.717) is 10.8 Å². The van der Waals surface area contributed by atoms with Crippen LogP contribution in [0.1, 0.15) is 41.5 Å². The van der Waals surface area contributed by atoms with Crippen LogP contribution in [0.2, 0.25) is 5.02 Å². The van der Waals surface area contributed by atoms with Gasteiger partial charge in [0.25, 0.3) is 5.91 Å². The van der Waals surface area contributed by atoms with Gasteiger partial charge >= 0.3 is 0 Å². The van der Waals surface area contributed by atoms with Crippen molar-refractivity contribution in [3.63, 3.8) is 0 Å². The Morgan fingerprint density at radius 3 is 2.73 bits per heavy atom. The Balaban J connectivity index is 2.08. The number of rotatable bonds is 6. The highest BCUT2D eigenvalue weighted by Crippen LogP contribution is 2.23. The molecule has 0 aliphatic rings. The van der Waals surface area contributed by atoms with Crippen LogP contribution in [0.4, 0.5) is 0 Å². The second kappa shape index (κ2) is 7.45. The second-order valence-electron chi connectivity index (χ2n) is 5.28. The zero-order valence-corrected chi connectivity index (χ0v) is 14.0. The molecule has 0 fully saturated rings. The van der Waals surface area contributed by atoms with Gasteiger partial charge in [-0.05, 0) is 44.4 Å². The maximum atomic E-state index is 12.3. The highest BCUT2D eigenvalue weighted by atomic mass is 35.5. The van der Waals surface area contributed by atoms with E-state index in [-0.39, 0.29) is 12.5 Å². The van der Waals surface area contributed by atoms with E-state index in [0.717, 1.165) is 36.2 Å². The van der Waals surface area contributed by atoms with Gasteiger partial charge in [0, 0.05) is 5.69 Å². The zero-order chi connectivity index (χ0) is 16.1. The van der Waals surface area contributed by atoms with Gasteiger partial charge in [-0.2, -0.15) is 5.10 Å². The van der Waals surface area contributed by atoms with Crippen molar-refractivity contribution in [3.8, 4) is 5.75 Å². The molecule has 0 saturated heterocycles. The van der Waals surface area contributed by atoms with Crippen LogP contribution in [0.25, 0.3) is 0 Å². The van der Waals surface area contributed by atoms with Crippen LogP contribution in [-0.4, -0.2) is 22.3 Å². The van der Waals surface area contributed by atoms with E-state index in [2.05, 4.69) is 12.0 Å². The largest absolute Gasteiger partial charge is 0.482 e. The number of halogens is 1. The first kappa shape index (κ1) is 16.6. The summed E-state index contributed by atoms with van der Waals surface area (Å²) < 4.78 is 6.94. The zero-order valence-electron chi connectivity index (χ0n) is 13.2. The second-order valence-corrected chi connectivity index (χ2v) is 5.68. The van der Waals surface area contributed by atoms with E-state index in [1.807, 2.05) is 26.0 Å². The number of para-hydroxylation sites is 1. The van der Waals surface area contributed by atoms with Gasteiger partial charge in [0.05, 0.1) is 10.7 Å². The molecule has 0 atom stereocenters. The molecule has 22 heavy (non-hydrogen) atoms. The molecule has 0 radical (unpaired) electrons. The number of unbranched alkanes of at least 4 members (excludes halogenated alkanes) is 1. The third kappa shape index (κ3) is 3.69. The van der Waals surface area contributed by atoms with E-state index < -0.39 is 0 Å². The van der Waals surface area contributed by atoms with Crippen LogP contribution in [0.5, 0.6) is 5.75 Å². The average molecular weight is 321 g/mol. The van der Waals surface area contributed by atoms with Gasteiger partial charge in [0.1, 0.15) is 5.75 Å². The fourth-order valence-electron chi connectivity index (χ4n) is 2.40. The minimum atomic E-state index is -0.191. The highest BCUT2D eigenvalue weighted by Gasteiger charge is 2.16. The van der Waals surface area contributed by atoms with Crippen LogP contribution in [0.3, 0.4) is 0 Å². The predicted molar refractivity (Wildman–Crippen MR) is 87.9 cm³/mol. The van der Waals surface area contributed by atoms with Crippen molar-refractivity contribution in [3.05, 3.63) is 46.2 Å². The van der Waals surface area contributed by atoms with Crippen LogP contribution < -0.4 is 4.74 Å². The number of hydrogen-bond donors (Lipinski definition) is 0. The third-order valence-electron chi connectivity index (χ3n) is 3.65. The molecule has 118 valence electrons. The van der Waals surface area contributed by atoms with Gasteiger partial charge in [-0.1, -0.05) is 37.1 Å². The number of aryl methyl sites for hydroxylation is 1. The lowest BCUT2D eigenvalue weighted by Gasteiger charge is -2.08. The van der Waals surface area contributed by atoms with Gasteiger partial charge in [-0.3, -0.25) is 4.79 Å². The van der Waals surface area contributed by atoms with Crippen molar-refractivity contribution in [2.45, 2.75) is 40.0 Å². The maximum absolute atomic E-state index is 12.3. The minimum absolute atomic E-state index is 0.0844. The first-order valence-electron chi connectivity index (χ1n) is 7.50. The van der Waals surface area contributed by atoms with E-state index in [1.54, 1.807) is 12.1 Å². The smallest absolute Gasteiger partial charge is 0.284 e. The molecule has 1 aromatic heterocycles. The Morgan fingerprint density at radius 2 is 2.05 bits per heavy atom. The van der Waals surface area contributed by atoms with Gasteiger partial charge in [0.15, 0.2) is 6.61 Å². The molecule has 1 aromatic carbocycles. The summed E-state index contributed by atoms with van der Waals surface area (Å²) in [6.07, 6.45) is 3.16. The monoisotopic (exact) mass is 320 g/mol. The molecule has 0 spiro atoms. The van der Waals surface area contributed by atoms with Crippen molar-refractivity contribution in [2.75, 3.05) is 6.61 Å². The normalized spacial score (nSPS) is 10.7. The summed E-state index contributed by atoms with van der Waals surface area (Å²) in [4.78, 5) is 12.3. The molecule has 2 rings (SSSR count). The van der Waals surface area contributed by atoms with E-state index in [1.165, 1.54) is 4.68 Å². The lowest BCUT2D eigenvalue weighted by Crippen LogP contribution is -2.21. The summed E-state index contributed by atoms with van der Waals surface area (Å²) in [6.45, 7) is 5.94. The molecule has 5 heteroatoms. The van der Waals surface area contributed by atoms with E-state index >= 15 is 0 Å². The van der Waals surface area contributed by atoms with Crippen LogP contribution in [0, 0.1) is 13.8 Å². The van der Waals surface area contributed by atoms with Crippen molar-refractivity contribution in [2.24, 2.45) is 0 Å². The van der Waals surface area contributed by atoms with E-state index in [4.69, 9.17) is 16.3 Å².